The molecule has 5 N–H and O–H groups in total. The Balaban J connectivity index is 1.63. The van der Waals surface area contributed by atoms with Crippen molar-refractivity contribution in [1.82, 2.24) is 16.3 Å². The summed E-state index contributed by atoms with van der Waals surface area (Å²) in [4.78, 5) is 11.6. The van der Waals surface area contributed by atoms with Gasteiger partial charge in [-0.15, -0.1) is 0 Å². The first kappa shape index (κ1) is 15.5. The maximum Gasteiger partial charge on any atom is 0.252 e. The Morgan fingerprint density at radius 2 is 2.00 bits per heavy atom. The fourth-order valence-electron chi connectivity index (χ4n) is 2.61. The van der Waals surface area contributed by atoms with Crippen LogP contribution in [-0.2, 0) is 11.4 Å². The van der Waals surface area contributed by atoms with Crippen LogP contribution in [0, 0.1) is 0 Å². The summed E-state index contributed by atoms with van der Waals surface area (Å²) in [6.45, 7) is 0.527. The van der Waals surface area contributed by atoms with Gasteiger partial charge in [0, 0.05) is 6.04 Å². The lowest BCUT2D eigenvalue weighted by atomic mass is 10.0. The van der Waals surface area contributed by atoms with E-state index in [1.807, 2.05) is 54.6 Å². The normalized spacial score (nSPS) is 20.2. The molecule has 1 fully saturated rings. The molecule has 0 radical (unpaired) electrons. The number of nitrogens with two attached hydrogens (primary N) is 1. The average molecular weight is 312 g/mol. The molecule has 1 aliphatic heterocycles. The minimum Gasteiger partial charge on any atom is -0.489 e. The van der Waals surface area contributed by atoms with Crippen LogP contribution in [0.4, 0.5) is 0 Å². The highest BCUT2D eigenvalue weighted by Gasteiger charge is 2.29. The van der Waals surface area contributed by atoms with Crippen LogP contribution in [0.15, 0.2) is 54.6 Å². The third kappa shape index (κ3) is 3.87. The van der Waals surface area contributed by atoms with E-state index >= 15 is 0 Å². The molecule has 23 heavy (non-hydrogen) atoms. The summed E-state index contributed by atoms with van der Waals surface area (Å²) >= 11 is 0. The van der Waals surface area contributed by atoms with E-state index < -0.39 is 0 Å². The number of rotatable bonds is 5. The van der Waals surface area contributed by atoms with Gasteiger partial charge < -0.3 is 4.74 Å². The Labute approximate surface area is 135 Å². The quantitative estimate of drug-likeness (QED) is 0.378. The van der Waals surface area contributed by atoms with Gasteiger partial charge in [0.2, 0.25) is 0 Å². The molecule has 0 saturated carbocycles. The summed E-state index contributed by atoms with van der Waals surface area (Å²) in [7, 11) is 0. The first-order valence-electron chi connectivity index (χ1n) is 7.54. The fraction of sp³-hybridized carbons (Fsp3) is 0.235. The molecule has 6 nitrogen and oxygen atoms in total. The molecule has 1 saturated heterocycles. The van der Waals surface area contributed by atoms with Crippen LogP contribution in [0.25, 0.3) is 0 Å². The molecule has 2 atom stereocenters. The first-order chi connectivity index (χ1) is 11.3. The first-order valence-corrected chi connectivity index (χ1v) is 7.54. The van der Waals surface area contributed by atoms with E-state index in [1.165, 1.54) is 0 Å². The van der Waals surface area contributed by atoms with Gasteiger partial charge in [0.1, 0.15) is 18.4 Å². The zero-order valence-corrected chi connectivity index (χ0v) is 12.7. The molecule has 0 aromatic heterocycles. The van der Waals surface area contributed by atoms with Crippen molar-refractivity contribution in [3.05, 3.63) is 65.7 Å². The lowest BCUT2D eigenvalue weighted by molar-refractivity contribution is -0.122. The van der Waals surface area contributed by atoms with Crippen molar-refractivity contribution in [2.45, 2.75) is 25.1 Å². The SMILES string of the molecule is NNC(=O)C1CC(c2cccc(OCc3ccccc3)c2)NN1. The van der Waals surface area contributed by atoms with Gasteiger partial charge in [0.15, 0.2) is 0 Å². The van der Waals surface area contributed by atoms with Crippen molar-refractivity contribution in [2.75, 3.05) is 0 Å². The van der Waals surface area contributed by atoms with Crippen molar-refractivity contribution in [2.24, 2.45) is 5.84 Å². The van der Waals surface area contributed by atoms with Gasteiger partial charge in [-0.2, -0.15) is 0 Å². The number of carbonyl (C=O) groups excluding carboxylic acids is 1. The molecule has 120 valence electrons. The number of hydrogen-bond donors (Lipinski definition) is 4. The lowest BCUT2D eigenvalue weighted by Gasteiger charge is -2.12. The van der Waals surface area contributed by atoms with Crippen LogP contribution in [-0.4, -0.2) is 11.9 Å². The van der Waals surface area contributed by atoms with Crippen molar-refractivity contribution in [1.29, 1.82) is 0 Å². The second-order valence-electron chi connectivity index (χ2n) is 5.48. The van der Waals surface area contributed by atoms with Gasteiger partial charge in [-0.05, 0) is 29.7 Å². The van der Waals surface area contributed by atoms with E-state index in [0.29, 0.717) is 13.0 Å². The van der Waals surface area contributed by atoms with Crippen LogP contribution >= 0.6 is 0 Å². The highest BCUT2D eigenvalue weighted by Crippen LogP contribution is 2.25. The van der Waals surface area contributed by atoms with Crippen LogP contribution in [0.2, 0.25) is 0 Å². The highest BCUT2D eigenvalue weighted by atomic mass is 16.5. The predicted molar refractivity (Wildman–Crippen MR) is 87.0 cm³/mol. The van der Waals surface area contributed by atoms with E-state index in [0.717, 1.165) is 16.9 Å². The van der Waals surface area contributed by atoms with Crippen LogP contribution in [0.5, 0.6) is 5.75 Å². The van der Waals surface area contributed by atoms with Crippen molar-refractivity contribution in [3.63, 3.8) is 0 Å². The molecule has 2 unspecified atom stereocenters. The number of hydrazine groups is 2. The summed E-state index contributed by atoms with van der Waals surface area (Å²) in [5, 5.41) is 0. The smallest absolute Gasteiger partial charge is 0.252 e. The molecule has 6 heteroatoms. The van der Waals surface area contributed by atoms with Gasteiger partial charge in [-0.3, -0.25) is 10.2 Å². The Bertz CT molecular complexity index is 663. The average Bonchev–Trinajstić information content (AvgIpc) is 3.11. The van der Waals surface area contributed by atoms with E-state index in [1.54, 1.807) is 0 Å². The summed E-state index contributed by atoms with van der Waals surface area (Å²) in [6, 6.07) is 17.6. The van der Waals surface area contributed by atoms with Crippen molar-refractivity contribution >= 4 is 5.91 Å². The summed E-state index contributed by atoms with van der Waals surface area (Å²) in [5.41, 5.74) is 10.4. The standard InChI is InChI=1S/C17H20N4O2/c18-19-17(22)16-10-15(20-21-16)13-7-4-8-14(9-13)23-11-12-5-2-1-3-6-12/h1-9,15-16,20-21H,10-11,18H2,(H,19,22). The number of benzene rings is 2. The van der Waals surface area contributed by atoms with Gasteiger partial charge in [0.25, 0.3) is 5.91 Å². The summed E-state index contributed by atoms with van der Waals surface area (Å²) < 4.78 is 5.84. The topological polar surface area (TPSA) is 88.4 Å². The summed E-state index contributed by atoms with van der Waals surface area (Å²) in [6.07, 6.45) is 0.630. The number of amides is 1. The molecule has 1 heterocycles. The third-order valence-electron chi connectivity index (χ3n) is 3.87. The largest absolute Gasteiger partial charge is 0.489 e. The molecule has 0 spiro atoms. The Morgan fingerprint density at radius 1 is 1.17 bits per heavy atom. The highest BCUT2D eigenvalue weighted by molar-refractivity contribution is 5.81. The van der Waals surface area contributed by atoms with Crippen LogP contribution < -0.4 is 26.9 Å². The number of ether oxygens (including phenoxy) is 1. The minimum atomic E-state index is -0.334. The van der Waals surface area contributed by atoms with E-state index in [2.05, 4.69) is 16.3 Å². The van der Waals surface area contributed by atoms with Crippen LogP contribution in [0.1, 0.15) is 23.6 Å². The van der Waals surface area contributed by atoms with Gasteiger partial charge in [-0.25, -0.2) is 16.7 Å². The Hall–Kier alpha value is -2.41. The number of carbonyl (C=O) groups is 1. The Kier molecular flexibility index (Phi) is 4.87. The molecule has 1 amide bonds. The molecule has 1 aliphatic rings. The number of nitrogens with one attached hydrogen (secondary N) is 3. The molecular formula is C17H20N4O2. The lowest BCUT2D eigenvalue weighted by Crippen LogP contribution is -2.45. The zero-order chi connectivity index (χ0) is 16.1. The van der Waals surface area contributed by atoms with Crippen molar-refractivity contribution in [3.8, 4) is 5.75 Å². The van der Waals surface area contributed by atoms with E-state index in [9.17, 15) is 4.79 Å². The van der Waals surface area contributed by atoms with Gasteiger partial charge in [-0.1, -0.05) is 42.5 Å². The molecular weight excluding hydrogens is 292 g/mol. The van der Waals surface area contributed by atoms with Crippen molar-refractivity contribution < 1.29 is 9.53 Å². The fourth-order valence-corrected chi connectivity index (χ4v) is 2.61. The monoisotopic (exact) mass is 312 g/mol. The van der Waals surface area contributed by atoms with Gasteiger partial charge >= 0.3 is 0 Å². The minimum absolute atomic E-state index is 0.0394. The van der Waals surface area contributed by atoms with E-state index in [-0.39, 0.29) is 18.0 Å². The second-order valence-corrected chi connectivity index (χ2v) is 5.48. The molecule has 3 rings (SSSR count). The van der Waals surface area contributed by atoms with Crippen LogP contribution in [0.3, 0.4) is 0 Å². The maximum atomic E-state index is 11.6. The van der Waals surface area contributed by atoms with Gasteiger partial charge in [0.05, 0.1) is 0 Å². The summed E-state index contributed by atoms with van der Waals surface area (Å²) in [5.74, 6) is 5.75. The maximum absolute atomic E-state index is 11.6. The third-order valence-corrected chi connectivity index (χ3v) is 3.87. The Morgan fingerprint density at radius 3 is 2.78 bits per heavy atom. The molecule has 0 bridgehead atoms. The number of hydrogen-bond acceptors (Lipinski definition) is 5. The van der Waals surface area contributed by atoms with E-state index in [4.69, 9.17) is 10.6 Å². The molecule has 0 aliphatic carbocycles. The predicted octanol–water partition coefficient (Wildman–Crippen LogP) is 1.16. The molecule has 2 aromatic carbocycles. The molecule has 2 aromatic rings. The zero-order valence-electron chi connectivity index (χ0n) is 12.7. The second kappa shape index (κ2) is 7.23.